The van der Waals surface area contributed by atoms with Gasteiger partial charge < -0.3 is 19.3 Å². The van der Waals surface area contributed by atoms with Gasteiger partial charge in [0.15, 0.2) is 0 Å². The summed E-state index contributed by atoms with van der Waals surface area (Å²) in [6.45, 7) is 2.64. The van der Waals surface area contributed by atoms with E-state index in [1.807, 2.05) is 0 Å². The predicted octanol–water partition coefficient (Wildman–Crippen LogP) is 5.83. The highest BCUT2D eigenvalue weighted by molar-refractivity contribution is 7.46. The molecule has 0 aromatic carbocycles. The van der Waals surface area contributed by atoms with Crippen molar-refractivity contribution < 1.29 is 33.1 Å². The van der Waals surface area contributed by atoms with Gasteiger partial charge in [0.05, 0.1) is 13.2 Å². The molecule has 0 saturated carbocycles. The third-order valence-corrected chi connectivity index (χ3v) is 5.99. The van der Waals surface area contributed by atoms with Crippen molar-refractivity contribution in [3.63, 3.8) is 0 Å². The van der Waals surface area contributed by atoms with E-state index in [1.54, 1.807) is 0 Å². The minimum absolute atomic E-state index is 0.0104. The van der Waals surface area contributed by atoms with Crippen molar-refractivity contribution in [1.82, 2.24) is 0 Å². The van der Waals surface area contributed by atoms with Crippen LogP contribution in [-0.2, 0) is 23.4 Å². The smallest absolute Gasteiger partial charge is 0.459 e. The molecule has 7 nitrogen and oxygen atoms in total. The zero-order valence-electron chi connectivity index (χ0n) is 19.2. The van der Waals surface area contributed by atoms with E-state index in [0.29, 0.717) is 19.4 Å². The summed E-state index contributed by atoms with van der Waals surface area (Å²) in [7, 11) is -4.64. The Morgan fingerprint density at radius 2 is 1.52 bits per heavy atom. The third-order valence-electron chi connectivity index (χ3n) is 5.44. The first-order chi connectivity index (χ1) is 14.9. The number of hydrogen-bond acceptors (Lipinski definition) is 5. The average Bonchev–Trinajstić information content (AvgIpc) is 2.71. The van der Waals surface area contributed by atoms with E-state index in [4.69, 9.17) is 19.3 Å². The highest BCUT2D eigenvalue weighted by Crippen LogP contribution is 2.39. The van der Waals surface area contributed by atoms with E-state index in [2.05, 4.69) is 23.6 Å². The first kappa shape index (κ1) is 28.3. The lowest BCUT2D eigenvalue weighted by atomic mass is 10.1. The summed E-state index contributed by atoms with van der Waals surface area (Å²) in [5, 5.41) is 0. The predicted molar refractivity (Wildman–Crippen MR) is 122 cm³/mol. The molecular formula is C23H43O7P. The molecule has 1 aliphatic heterocycles. The van der Waals surface area contributed by atoms with Gasteiger partial charge in [0.25, 0.3) is 0 Å². The van der Waals surface area contributed by atoms with Crippen LogP contribution >= 0.6 is 7.82 Å². The minimum atomic E-state index is -4.64. The average molecular weight is 463 g/mol. The summed E-state index contributed by atoms with van der Waals surface area (Å²) in [6, 6.07) is 0. The van der Waals surface area contributed by atoms with Crippen molar-refractivity contribution >= 4 is 13.8 Å². The first-order valence-electron chi connectivity index (χ1n) is 12.1. The first-order valence-corrected chi connectivity index (χ1v) is 13.6. The normalized spacial score (nSPS) is 19.7. The van der Waals surface area contributed by atoms with Crippen LogP contribution in [-0.4, -0.2) is 41.2 Å². The molecule has 0 radical (unpaired) electrons. The van der Waals surface area contributed by atoms with Crippen LogP contribution in [0, 0.1) is 0 Å². The van der Waals surface area contributed by atoms with Crippen LogP contribution in [0.3, 0.4) is 0 Å². The topological polar surface area (TPSA) is 102 Å². The molecule has 8 heteroatoms. The number of phosphoric acid groups is 1. The van der Waals surface area contributed by atoms with Gasteiger partial charge in [-0.05, 0) is 32.1 Å². The number of phosphoric ester groups is 1. The summed E-state index contributed by atoms with van der Waals surface area (Å²) in [5.74, 6) is -0.344. The molecule has 2 N–H and O–H groups in total. The molecule has 0 aromatic heterocycles. The monoisotopic (exact) mass is 462 g/mol. The molecule has 2 atom stereocenters. The zero-order valence-corrected chi connectivity index (χ0v) is 20.1. The Morgan fingerprint density at radius 1 is 0.935 bits per heavy atom. The SMILES string of the molecule is CCCCCCCC/C=C/CCCCCCCC(=O)O[C@H]1CCOC[C@H]1OP(=O)(O)O. The van der Waals surface area contributed by atoms with E-state index in [1.165, 1.54) is 51.4 Å². The molecule has 1 saturated heterocycles. The highest BCUT2D eigenvalue weighted by Gasteiger charge is 2.34. The Morgan fingerprint density at radius 3 is 2.13 bits per heavy atom. The van der Waals surface area contributed by atoms with E-state index < -0.39 is 20.0 Å². The second kappa shape index (κ2) is 17.8. The fourth-order valence-corrected chi connectivity index (χ4v) is 4.22. The van der Waals surface area contributed by atoms with Gasteiger partial charge in [-0.3, -0.25) is 9.32 Å². The van der Waals surface area contributed by atoms with Gasteiger partial charge in [-0.1, -0.05) is 70.4 Å². The lowest BCUT2D eigenvalue weighted by Crippen LogP contribution is -2.41. The van der Waals surface area contributed by atoms with Crippen LogP contribution in [0.5, 0.6) is 0 Å². The lowest BCUT2D eigenvalue weighted by molar-refractivity contribution is -0.164. The molecule has 0 bridgehead atoms. The van der Waals surface area contributed by atoms with E-state index in [9.17, 15) is 9.36 Å². The largest absolute Gasteiger partial charge is 0.470 e. The summed E-state index contributed by atoms with van der Waals surface area (Å²) >= 11 is 0. The Bertz CT molecular complexity index is 532. The Hall–Kier alpha value is -0.720. The molecule has 1 fully saturated rings. The van der Waals surface area contributed by atoms with Crippen LogP contribution in [0.4, 0.5) is 0 Å². The molecule has 182 valence electrons. The molecule has 1 rings (SSSR count). The standard InChI is InChI=1S/C23H43O7P/c1-2-3-4-5-6-7-8-9-10-11-12-13-14-15-16-17-23(24)29-21-18-19-28-20-22(21)30-31(25,26)27/h9-10,21-22H,2-8,11-20H2,1H3,(H2,25,26,27)/b10-9+/t21-,22+/m0/s1. The van der Waals surface area contributed by atoms with Crippen molar-refractivity contribution in [2.75, 3.05) is 13.2 Å². The van der Waals surface area contributed by atoms with Gasteiger partial charge in [0.2, 0.25) is 0 Å². The maximum Gasteiger partial charge on any atom is 0.470 e. The van der Waals surface area contributed by atoms with Gasteiger partial charge in [-0.25, -0.2) is 4.57 Å². The Labute approximate surface area is 188 Å². The number of carbonyl (C=O) groups excluding carboxylic acids is 1. The van der Waals surface area contributed by atoms with Crippen LogP contribution < -0.4 is 0 Å². The molecule has 0 unspecified atom stereocenters. The number of hydrogen-bond donors (Lipinski definition) is 2. The number of esters is 1. The van der Waals surface area contributed by atoms with Gasteiger partial charge in [-0.2, -0.15) is 0 Å². The molecule has 1 heterocycles. The zero-order chi connectivity index (χ0) is 22.8. The van der Waals surface area contributed by atoms with E-state index in [-0.39, 0.29) is 12.6 Å². The number of allylic oxidation sites excluding steroid dienone is 2. The summed E-state index contributed by atoms with van der Waals surface area (Å²) in [5.41, 5.74) is 0. The Kier molecular flexibility index (Phi) is 16.2. The van der Waals surface area contributed by atoms with Crippen molar-refractivity contribution in [3.05, 3.63) is 12.2 Å². The molecular weight excluding hydrogens is 419 g/mol. The minimum Gasteiger partial charge on any atom is -0.459 e. The van der Waals surface area contributed by atoms with Crippen LogP contribution in [0.25, 0.3) is 0 Å². The number of ether oxygens (including phenoxy) is 2. The fourth-order valence-electron chi connectivity index (χ4n) is 3.67. The lowest BCUT2D eigenvalue weighted by Gasteiger charge is -2.30. The van der Waals surface area contributed by atoms with Crippen molar-refractivity contribution in [2.24, 2.45) is 0 Å². The molecule has 1 aliphatic rings. The van der Waals surface area contributed by atoms with Gasteiger partial charge in [0.1, 0.15) is 12.2 Å². The highest BCUT2D eigenvalue weighted by atomic mass is 31.2. The van der Waals surface area contributed by atoms with Crippen molar-refractivity contribution in [3.8, 4) is 0 Å². The van der Waals surface area contributed by atoms with E-state index in [0.717, 1.165) is 32.1 Å². The molecule has 31 heavy (non-hydrogen) atoms. The molecule has 0 spiro atoms. The molecule has 0 amide bonds. The number of carbonyl (C=O) groups is 1. The van der Waals surface area contributed by atoms with Gasteiger partial charge in [-0.15, -0.1) is 0 Å². The van der Waals surface area contributed by atoms with Crippen LogP contribution in [0.15, 0.2) is 12.2 Å². The van der Waals surface area contributed by atoms with Crippen LogP contribution in [0.1, 0.15) is 103 Å². The maximum atomic E-state index is 12.0. The third kappa shape index (κ3) is 16.6. The van der Waals surface area contributed by atoms with Crippen molar-refractivity contribution in [2.45, 2.75) is 115 Å². The van der Waals surface area contributed by atoms with Gasteiger partial charge in [0, 0.05) is 12.8 Å². The second-order valence-corrected chi connectivity index (χ2v) is 9.55. The quantitative estimate of drug-likeness (QED) is 0.114. The summed E-state index contributed by atoms with van der Waals surface area (Å²) < 4.78 is 26.3. The molecule has 0 aliphatic carbocycles. The summed E-state index contributed by atoms with van der Waals surface area (Å²) in [6.07, 6.45) is 19.3. The number of rotatable bonds is 18. The van der Waals surface area contributed by atoms with E-state index >= 15 is 0 Å². The van der Waals surface area contributed by atoms with Gasteiger partial charge >= 0.3 is 13.8 Å². The fraction of sp³-hybridized carbons (Fsp3) is 0.870. The number of unbranched alkanes of at least 4 members (excludes halogenated alkanes) is 11. The maximum absolute atomic E-state index is 12.0. The van der Waals surface area contributed by atoms with Crippen LogP contribution in [0.2, 0.25) is 0 Å². The second-order valence-electron chi connectivity index (χ2n) is 8.36. The summed E-state index contributed by atoms with van der Waals surface area (Å²) in [4.78, 5) is 30.0. The Balaban J connectivity index is 1.98. The molecule has 0 aromatic rings. The van der Waals surface area contributed by atoms with Crippen molar-refractivity contribution in [1.29, 1.82) is 0 Å².